The quantitative estimate of drug-likeness (QED) is 0.874. The molecule has 2 rings (SSSR count). The first-order valence-electron chi connectivity index (χ1n) is 6.42. The summed E-state index contributed by atoms with van der Waals surface area (Å²) in [5, 5.41) is 3.13. The van der Waals surface area contributed by atoms with E-state index in [2.05, 4.69) is 52.4 Å². The molecule has 0 aliphatic carbocycles. The Morgan fingerprint density at radius 1 is 1.05 bits per heavy atom. The minimum Gasteiger partial charge on any atom is -0.456 e. The molecule has 2 aromatic carbocycles. The van der Waals surface area contributed by atoms with E-state index in [0.717, 1.165) is 28.9 Å². The standard InChI is InChI=1S/C16H18BrNO/c1-3-12-4-7-14(8-5-12)19-16-9-6-13(11-18-2)10-15(16)17/h4-10,18H,3,11H2,1-2H3. The van der Waals surface area contributed by atoms with Gasteiger partial charge in [-0.15, -0.1) is 0 Å². The van der Waals surface area contributed by atoms with Crippen LogP contribution in [0.5, 0.6) is 11.5 Å². The van der Waals surface area contributed by atoms with Crippen molar-refractivity contribution in [2.75, 3.05) is 7.05 Å². The van der Waals surface area contributed by atoms with Crippen LogP contribution in [-0.2, 0) is 13.0 Å². The monoisotopic (exact) mass is 319 g/mol. The molecule has 3 heteroatoms. The summed E-state index contributed by atoms with van der Waals surface area (Å²) in [6.07, 6.45) is 1.04. The molecule has 0 aliphatic heterocycles. The Bertz CT molecular complexity index is 537. The van der Waals surface area contributed by atoms with Crippen molar-refractivity contribution in [3.8, 4) is 11.5 Å². The molecule has 19 heavy (non-hydrogen) atoms. The second-order valence-electron chi connectivity index (χ2n) is 4.39. The van der Waals surface area contributed by atoms with Gasteiger partial charge in [0.1, 0.15) is 11.5 Å². The first-order valence-corrected chi connectivity index (χ1v) is 7.22. The van der Waals surface area contributed by atoms with Gasteiger partial charge in [0.15, 0.2) is 0 Å². The van der Waals surface area contributed by atoms with Gasteiger partial charge >= 0.3 is 0 Å². The molecule has 2 aromatic rings. The zero-order chi connectivity index (χ0) is 13.7. The van der Waals surface area contributed by atoms with Crippen molar-refractivity contribution < 1.29 is 4.74 Å². The summed E-state index contributed by atoms with van der Waals surface area (Å²) in [7, 11) is 1.94. The van der Waals surface area contributed by atoms with Crippen LogP contribution in [0.2, 0.25) is 0 Å². The number of hydrogen-bond donors (Lipinski definition) is 1. The Kier molecular flexibility index (Phi) is 5.00. The van der Waals surface area contributed by atoms with Gasteiger partial charge in [-0.05, 0) is 64.8 Å². The normalized spacial score (nSPS) is 10.5. The fraction of sp³-hybridized carbons (Fsp3) is 0.250. The van der Waals surface area contributed by atoms with Gasteiger partial charge in [0, 0.05) is 6.54 Å². The molecular formula is C16H18BrNO. The minimum atomic E-state index is 0.837. The van der Waals surface area contributed by atoms with Crippen LogP contribution in [-0.4, -0.2) is 7.05 Å². The Hall–Kier alpha value is -1.32. The van der Waals surface area contributed by atoms with Crippen LogP contribution >= 0.6 is 15.9 Å². The van der Waals surface area contributed by atoms with E-state index >= 15 is 0 Å². The first-order chi connectivity index (χ1) is 9.22. The molecule has 0 heterocycles. The van der Waals surface area contributed by atoms with Crippen molar-refractivity contribution in [1.82, 2.24) is 5.32 Å². The third-order valence-corrected chi connectivity index (χ3v) is 3.56. The number of halogens is 1. The maximum Gasteiger partial charge on any atom is 0.141 e. The molecule has 0 amide bonds. The number of benzene rings is 2. The second-order valence-corrected chi connectivity index (χ2v) is 5.25. The third kappa shape index (κ3) is 3.82. The Labute approximate surface area is 122 Å². The maximum atomic E-state index is 5.87. The Morgan fingerprint density at radius 3 is 2.32 bits per heavy atom. The molecule has 0 saturated carbocycles. The van der Waals surface area contributed by atoms with Crippen LogP contribution in [0.3, 0.4) is 0 Å². The number of rotatable bonds is 5. The summed E-state index contributed by atoms with van der Waals surface area (Å²) in [4.78, 5) is 0. The highest BCUT2D eigenvalue weighted by atomic mass is 79.9. The fourth-order valence-corrected chi connectivity index (χ4v) is 2.37. The molecule has 0 aromatic heterocycles. The molecule has 100 valence electrons. The van der Waals surface area contributed by atoms with Gasteiger partial charge in [-0.2, -0.15) is 0 Å². The van der Waals surface area contributed by atoms with Gasteiger partial charge in [0.25, 0.3) is 0 Å². The summed E-state index contributed by atoms with van der Waals surface area (Å²) < 4.78 is 6.85. The number of nitrogens with one attached hydrogen (secondary N) is 1. The molecule has 0 spiro atoms. The molecule has 0 bridgehead atoms. The summed E-state index contributed by atoms with van der Waals surface area (Å²) in [5.74, 6) is 1.70. The van der Waals surface area contributed by atoms with Crippen molar-refractivity contribution in [3.05, 3.63) is 58.1 Å². The largest absolute Gasteiger partial charge is 0.456 e. The smallest absolute Gasteiger partial charge is 0.141 e. The van der Waals surface area contributed by atoms with Crippen LogP contribution in [0.1, 0.15) is 18.1 Å². The van der Waals surface area contributed by atoms with Crippen LogP contribution < -0.4 is 10.1 Å². The van der Waals surface area contributed by atoms with E-state index < -0.39 is 0 Å². The summed E-state index contributed by atoms with van der Waals surface area (Å²) in [6, 6.07) is 14.3. The van der Waals surface area contributed by atoms with Crippen molar-refractivity contribution >= 4 is 15.9 Å². The van der Waals surface area contributed by atoms with E-state index in [1.165, 1.54) is 11.1 Å². The molecule has 0 radical (unpaired) electrons. The molecule has 0 atom stereocenters. The van der Waals surface area contributed by atoms with Gasteiger partial charge in [0.05, 0.1) is 4.47 Å². The molecule has 0 unspecified atom stereocenters. The van der Waals surface area contributed by atoms with Crippen LogP contribution in [0.15, 0.2) is 46.9 Å². The van der Waals surface area contributed by atoms with Gasteiger partial charge < -0.3 is 10.1 Å². The Balaban J connectivity index is 2.13. The van der Waals surface area contributed by atoms with Crippen LogP contribution in [0.4, 0.5) is 0 Å². The minimum absolute atomic E-state index is 0.837. The predicted octanol–water partition coefficient (Wildman–Crippen LogP) is 4.52. The molecule has 0 saturated heterocycles. The van der Waals surface area contributed by atoms with Crippen molar-refractivity contribution in [2.24, 2.45) is 0 Å². The van der Waals surface area contributed by atoms with Gasteiger partial charge in [-0.25, -0.2) is 0 Å². The fourth-order valence-electron chi connectivity index (χ4n) is 1.86. The average Bonchev–Trinajstić information content (AvgIpc) is 2.43. The van der Waals surface area contributed by atoms with Crippen molar-refractivity contribution in [2.45, 2.75) is 19.9 Å². The molecule has 2 nitrogen and oxygen atoms in total. The molecule has 0 aliphatic rings. The van der Waals surface area contributed by atoms with Crippen molar-refractivity contribution in [3.63, 3.8) is 0 Å². The number of ether oxygens (including phenoxy) is 1. The van der Waals surface area contributed by atoms with E-state index in [9.17, 15) is 0 Å². The van der Waals surface area contributed by atoms with E-state index in [0.29, 0.717) is 0 Å². The maximum absolute atomic E-state index is 5.87. The average molecular weight is 320 g/mol. The van der Waals surface area contributed by atoms with E-state index in [1.807, 2.05) is 25.2 Å². The van der Waals surface area contributed by atoms with Crippen LogP contribution in [0.25, 0.3) is 0 Å². The SMILES string of the molecule is CCc1ccc(Oc2ccc(CNC)cc2Br)cc1. The lowest BCUT2D eigenvalue weighted by Crippen LogP contribution is -2.04. The number of aryl methyl sites for hydroxylation is 1. The van der Waals surface area contributed by atoms with E-state index in [-0.39, 0.29) is 0 Å². The zero-order valence-corrected chi connectivity index (χ0v) is 12.8. The van der Waals surface area contributed by atoms with Gasteiger partial charge in [-0.1, -0.05) is 25.1 Å². The molecular weight excluding hydrogens is 302 g/mol. The summed E-state index contributed by atoms with van der Waals surface area (Å²) >= 11 is 3.55. The predicted molar refractivity (Wildman–Crippen MR) is 82.8 cm³/mol. The van der Waals surface area contributed by atoms with Gasteiger partial charge in [0.2, 0.25) is 0 Å². The first kappa shape index (κ1) is 14.1. The highest BCUT2D eigenvalue weighted by Gasteiger charge is 2.04. The highest BCUT2D eigenvalue weighted by Crippen LogP contribution is 2.30. The van der Waals surface area contributed by atoms with E-state index in [1.54, 1.807) is 0 Å². The highest BCUT2D eigenvalue weighted by molar-refractivity contribution is 9.10. The van der Waals surface area contributed by atoms with Gasteiger partial charge in [-0.3, -0.25) is 0 Å². The summed E-state index contributed by atoms with van der Waals surface area (Å²) in [6.45, 7) is 3.00. The Morgan fingerprint density at radius 2 is 1.74 bits per heavy atom. The summed E-state index contributed by atoms with van der Waals surface area (Å²) in [5.41, 5.74) is 2.54. The topological polar surface area (TPSA) is 21.3 Å². The lowest BCUT2D eigenvalue weighted by molar-refractivity contribution is 0.479. The van der Waals surface area contributed by atoms with Crippen LogP contribution in [0, 0.1) is 0 Å². The number of hydrogen-bond acceptors (Lipinski definition) is 2. The second kappa shape index (κ2) is 6.73. The molecule has 0 fully saturated rings. The lowest BCUT2D eigenvalue weighted by atomic mass is 10.2. The van der Waals surface area contributed by atoms with E-state index in [4.69, 9.17) is 4.74 Å². The zero-order valence-electron chi connectivity index (χ0n) is 11.2. The lowest BCUT2D eigenvalue weighted by Gasteiger charge is -2.10. The van der Waals surface area contributed by atoms with Crippen molar-refractivity contribution in [1.29, 1.82) is 0 Å². The third-order valence-electron chi connectivity index (χ3n) is 2.94. The molecule has 1 N–H and O–H groups in total.